The molecule has 0 saturated heterocycles. The number of hydrogen-bond acceptors (Lipinski definition) is 2. The maximum absolute atomic E-state index is 8.79. The van der Waals surface area contributed by atoms with Gasteiger partial charge in [-0.05, 0) is 37.1 Å². The average molecular weight is 171 g/mol. The zero-order valence-electron chi connectivity index (χ0n) is 8.27. The summed E-state index contributed by atoms with van der Waals surface area (Å²) in [5.74, 6) is 0.954. The largest absolute Gasteiger partial charge is 0.396 e. The highest BCUT2D eigenvalue weighted by atomic mass is 16.3. The third-order valence-electron chi connectivity index (χ3n) is 2.52. The Morgan fingerprint density at radius 2 is 2.08 bits per heavy atom. The molecular formula is C10H21NO. The van der Waals surface area contributed by atoms with Crippen molar-refractivity contribution in [1.29, 1.82) is 0 Å². The monoisotopic (exact) mass is 171 g/mol. The van der Waals surface area contributed by atoms with Crippen molar-refractivity contribution in [3.8, 4) is 0 Å². The van der Waals surface area contributed by atoms with Crippen LogP contribution in [0.4, 0.5) is 0 Å². The van der Waals surface area contributed by atoms with Crippen LogP contribution in [0.1, 0.15) is 33.1 Å². The van der Waals surface area contributed by atoms with Gasteiger partial charge in [0.1, 0.15) is 0 Å². The summed E-state index contributed by atoms with van der Waals surface area (Å²) in [6.07, 6.45) is 3.71. The van der Waals surface area contributed by atoms with Crippen molar-refractivity contribution < 1.29 is 5.11 Å². The van der Waals surface area contributed by atoms with Crippen LogP contribution in [-0.4, -0.2) is 24.8 Å². The lowest BCUT2D eigenvalue weighted by Crippen LogP contribution is -2.31. The van der Waals surface area contributed by atoms with E-state index in [-0.39, 0.29) is 5.41 Å². The second-order valence-electron chi connectivity index (χ2n) is 4.71. The fraction of sp³-hybridized carbons (Fsp3) is 1.00. The molecule has 1 fully saturated rings. The van der Waals surface area contributed by atoms with Crippen LogP contribution >= 0.6 is 0 Å². The average Bonchev–Trinajstić information content (AvgIpc) is 2.70. The molecule has 1 saturated carbocycles. The van der Waals surface area contributed by atoms with Crippen molar-refractivity contribution in [2.45, 2.75) is 33.1 Å². The lowest BCUT2D eigenvalue weighted by atomic mass is 9.90. The molecule has 0 aromatic carbocycles. The summed E-state index contributed by atoms with van der Waals surface area (Å²) in [6.45, 7) is 6.91. The zero-order valence-corrected chi connectivity index (χ0v) is 8.27. The number of hydrogen-bond donors (Lipinski definition) is 2. The van der Waals surface area contributed by atoms with Crippen LogP contribution in [0.2, 0.25) is 0 Å². The Morgan fingerprint density at radius 1 is 1.42 bits per heavy atom. The summed E-state index contributed by atoms with van der Waals surface area (Å²) in [6, 6.07) is 0. The van der Waals surface area contributed by atoms with Gasteiger partial charge in [-0.2, -0.15) is 0 Å². The maximum atomic E-state index is 8.79. The molecule has 0 atom stereocenters. The van der Waals surface area contributed by atoms with Crippen LogP contribution in [0.5, 0.6) is 0 Å². The summed E-state index contributed by atoms with van der Waals surface area (Å²) in [5.41, 5.74) is 0.254. The minimum absolute atomic E-state index is 0.254. The zero-order chi connectivity index (χ0) is 9.03. The molecule has 0 bridgehead atoms. The van der Waals surface area contributed by atoms with Gasteiger partial charge >= 0.3 is 0 Å². The molecular weight excluding hydrogens is 150 g/mol. The smallest absolute Gasteiger partial charge is 0.0436 e. The number of aliphatic hydroxyl groups excluding tert-OH is 1. The highest BCUT2D eigenvalue weighted by Crippen LogP contribution is 2.28. The van der Waals surface area contributed by atoms with Gasteiger partial charge in [-0.3, -0.25) is 0 Å². The third kappa shape index (κ3) is 4.07. The first kappa shape index (κ1) is 10.0. The molecule has 2 N–H and O–H groups in total. The molecule has 12 heavy (non-hydrogen) atoms. The predicted molar refractivity (Wildman–Crippen MR) is 51.1 cm³/mol. The van der Waals surface area contributed by atoms with E-state index in [9.17, 15) is 0 Å². The molecule has 0 amide bonds. The summed E-state index contributed by atoms with van der Waals surface area (Å²) in [5, 5.41) is 12.3. The van der Waals surface area contributed by atoms with Crippen LogP contribution in [-0.2, 0) is 0 Å². The predicted octanol–water partition coefficient (Wildman–Crippen LogP) is 1.39. The molecule has 0 heterocycles. The molecule has 2 nitrogen and oxygen atoms in total. The van der Waals surface area contributed by atoms with Gasteiger partial charge < -0.3 is 10.4 Å². The van der Waals surface area contributed by atoms with Gasteiger partial charge in [0.25, 0.3) is 0 Å². The summed E-state index contributed by atoms with van der Waals surface area (Å²) >= 11 is 0. The van der Waals surface area contributed by atoms with Crippen LogP contribution in [0.3, 0.4) is 0 Å². The van der Waals surface area contributed by atoms with E-state index in [2.05, 4.69) is 19.2 Å². The number of nitrogens with one attached hydrogen (secondary N) is 1. The van der Waals surface area contributed by atoms with Crippen molar-refractivity contribution in [1.82, 2.24) is 5.32 Å². The van der Waals surface area contributed by atoms with Crippen molar-refractivity contribution in [3.63, 3.8) is 0 Å². The van der Waals surface area contributed by atoms with Crippen molar-refractivity contribution >= 4 is 0 Å². The van der Waals surface area contributed by atoms with Gasteiger partial charge in [-0.1, -0.05) is 13.8 Å². The van der Waals surface area contributed by atoms with Crippen LogP contribution in [0.15, 0.2) is 0 Å². The fourth-order valence-electron chi connectivity index (χ4n) is 1.33. The fourth-order valence-corrected chi connectivity index (χ4v) is 1.33. The highest BCUT2D eigenvalue weighted by Gasteiger charge is 2.22. The second kappa shape index (κ2) is 4.24. The molecule has 0 aromatic rings. The normalized spacial score (nSPS) is 18.2. The lowest BCUT2D eigenvalue weighted by molar-refractivity contribution is 0.207. The Bertz CT molecular complexity index is 130. The molecule has 2 heteroatoms. The van der Waals surface area contributed by atoms with E-state index in [0.717, 1.165) is 18.9 Å². The van der Waals surface area contributed by atoms with Gasteiger partial charge in [0.2, 0.25) is 0 Å². The van der Waals surface area contributed by atoms with Crippen LogP contribution in [0.25, 0.3) is 0 Å². The number of aliphatic hydroxyl groups is 1. The van der Waals surface area contributed by atoms with E-state index in [1.165, 1.54) is 19.4 Å². The van der Waals surface area contributed by atoms with Gasteiger partial charge in [0, 0.05) is 13.2 Å². The maximum Gasteiger partial charge on any atom is 0.0436 e. The highest BCUT2D eigenvalue weighted by molar-refractivity contribution is 4.78. The van der Waals surface area contributed by atoms with Crippen LogP contribution in [0, 0.1) is 11.3 Å². The minimum Gasteiger partial charge on any atom is -0.396 e. The molecule has 0 unspecified atom stereocenters. The Hall–Kier alpha value is -0.0800. The van der Waals surface area contributed by atoms with Crippen LogP contribution < -0.4 is 5.32 Å². The van der Waals surface area contributed by atoms with E-state index in [4.69, 9.17) is 5.11 Å². The van der Waals surface area contributed by atoms with Gasteiger partial charge in [-0.25, -0.2) is 0 Å². The molecule has 1 rings (SSSR count). The first-order valence-electron chi connectivity index (χ1n) is 4.96. The molecule has 1 aliphatic rings. The quantitative estimate of drug-likeness (QED) is 0.633. The van der Waals surface area contributed by atoms with E-state index in [1.807, 2.05) is 0 Å². The molecule has 0 radical (unpaired) electrons. The standard InChI is InChI=1S/C10H21NO/c1-10(2,5-6-12)8-11-7-9-3-4-9/h9,11-12H,3-8H2,1-2H3. The molecule has 1 aliphatic carbocycles. The summed E-state index contributed by atoms with van der Waals surface area (Å²) in [4.78, 5) is 0. The van der Waals surface area contributed by atoms with Crippen molar-refractivity contribution in [3.05, 3.63) is 0 Å². The molecule has 0 aliphatic heterocycles. The minimum atomic E-state index is 0.254. The van der Waals surface area contributed by atoms with E-state index in [0.29, 0.717) is 6.61 Å². The SMILES string of the molecule is CC(C)(CCO)CNCC1CC1. The Kier molecular flexibility index (Phi) is 3.53. The van der Waals surface area contributed by atoms with E-state index >= 15 is 0 Å². The molecule has 0 aromatic heterocycles. The topological polar surface area (TPSA) is 32.3 Å². The molecule has 0 spiro atoms. The second-order valence-corrected chi connectivity index (χ2v) is 4.71. The lowest BCUT2D eigenvalue weighted by Gasteiger charge is -2.23. The van der Waals surface area contributed by atoms with Gasteiger partial charge in [0.05, 0.1) is 0 Å². The van der Waals surface area contributed by atoms with Crippen molar-refractivity contribution in [2.75, 3.05) is 19.7 Å². The Morgan fingerprint density at radius 3 is 2.58 bits per heavy atom. The Labute approximate surface area is 75.4 Å². The van der Waals surface area contributed by atoms with Crippen molar-refractivity contribution in [2.24, 2.45) is 11.3 Å². The first-order valence-corrected chi connectivity index (χ1v) is 4.96. The van der Waals surface area contributed by atoms with Gasteiger partial charge in [0.15, 0.2) is 0 Å². The van der Waals surface area contributed by atoms with E-state index < -0.39 is 0 Å². The third-order valence-corrected chi connectivity index (χ3v) is 2.52. The van der Waals surface area contributed by atoms with Gasteiger partial charge in [-0.15, -0.1) is 0 Å². The molecule has 72 valence electrons. The summed E-state index contributed by atoms with van der Waals surface area (Å²) < 4.78 is 0. The number of rotatable bonds is 6. The Balaban J connectivity index is 2.01. The first-order chi connectivity index (χ1) is 5.64. The summed E-state index contributed by atoms with van der Waals surface area (Å²) in [7, 11) is 0. The van der Waals surface area contributed by atoms with E-state index in [1.54, 1.807) is 0 Å².